The van der Waals surface area contributed by atoms with Crippen LogP contribution in [-0.2, 0) is 9.47 Å². The molecule has 1 aromatic rings. The van der Waals surface area contributed by atoms with E-state index in [1.807, 2.05) is 4.90 Å². The molecule has 7 heteroatoms. The van der Waals surface area contributed by atoms with Crippen LogP contribution in [0.2, 0.25) is 0 Å². The van der Waals surface area contributed by atoms with Crippen LogP contribution in [0.15, 0.2) is 12.4 Å². The lowest BCUT2D eigenvalue weighted by Gasteiger charge is -2.24. The Hall–Kier alpha value is -1.73. The number of anilines is 1. The highest BCUT2D eigenvalue weighted by Crippen LogP contribution is 2.13. The third-order valence-corrected chi connectivity index (χ3v) is 2.36. The third kappa shape index (κ3) is 3.94. The predicted octanol–water partition coefficient (Wildman–Crippen LogP) is -0.140. The Morgan fingerprint density at radius 2 is 1.78 bits per heavy atom. The Balaban J connectivity index is 2.92. The molecule has 0 radical (unpaired) electrons. The first kappa shape index (κ1) is 14.3. The van der Waals surface area contributed by atoms with Crippen LogP contribution in [0.25, 0.3) is 0 Å². The summed E-state index contributed by atoms with van der Waals surface area (Å²) in [6.07, 6.45) is 3.10. The van der Waals surface area contributed by atoms with Gasteiger partial charge in [-0.2, -0.15) is 0 Å². The van der Waals surface area contributed by atoms with E-state index in [0.29, 0.717) is 37.8 Å². The monoisotopic (exact) mass is 253 g/mol. The molecule has 7 nitrogen and oxygen atoms in total. The first-order valence-corrected chi connectivity index (χ1v) is 5.59. The van der Waals surface area contributed by atoms with Gasteiger partial charge in [-0.3, -0.25) is 5.41 Å². The molecule has 1 aromatic heterocycles. The number of nitrogens with two attached hydrogens (primary N) is 1. The van der Waals surface area contributed by atoms with Crippen molar-refractivity contribution in [2.24, 2.45) is 5.73 Å². The summed E-state index contributed by atoms with van der Waals surface area (Å²) in [4.78, 5) is 10.3. The second-order valence-electron chi connectivity index (χ2n) is 3.61. The van der Waals surface area contributed by atoms with E-state index in [0.717, 1.165) is 0 Å². The van der Waals surface area contributed by atoms with Crippen molar-refractivity contribution in [3.05, 3.63) is 18.1 Å². The Bertz CT molecular complexity index is 377. The van der Waals surface area contributed by atoms with Crippen LogP contribution in [0.3, 0.4) is 0 Å². The molecule has 100 valence electrons. The molecule has 0 aliphatic carbocycles. The molecule has 1 rings (SSSR count). The summed E-state index contributed by atoms with van der Waals surface area (Å²) in [5.41, 5.74) is 5.88. The Kier molecular flexibility index (Phi) is 6.03. The molecule has 0 unspecified atom stereocenters. The molecule has 0 aliphatic rings. The number of amidine groups is 1. The molecule has 0 saturated heterocycles. The quantitative estimate of drug-likeness (QED) is 0.494. The third-order valence-electron chi connectivity index (χ3n) is 2.36. The summed E-state index contributed by atoms with van der Waals surface area (Å²) >= 11 is 0. The van der Waals surface area contributed by atoms with Crippen molar-refractivity contribution in [3.8, 4) is 0 Å². The number of hydrogen-bond donors (Lipinski definition) is 2. The lowest BCUT2D eigenvalue weighted by Crippen LogP contribution is -2.33. The maximum Gasteiger partial charge on any atom is 0.158 e. The second-order valence-corrected chi connectivity index (χ2v) is 3.61. The summed E-state index contributed by atoms with van der Waals surface area (Å²) in [7, 11) is 3.27. The number of methoxy groups -OCH3 is 2. The molecule has 0 aliphatic heterocycles. The van der Waals surface area contributed by atoms with Crippen molar-refractivity contribution < 1.29 is 9.47 Å². The van der Waals surface area contributed by atoms with Gasteiger partial charge >= 0.3 is 0 Å². The van der Waals surface area contributed by atoms with E-state index < -0.39 is 0 Å². The summed E-state index contributed by atoms with van der Waals surface area (Å²) < 4.78 is 10.1. The van der Waals surface area contributed by atoms with Crippen LogP contribution in [0, 0.1) is 5.41 Å². The molecule has 0 amide bonds. The maximum atomic E-state index is 7.51. The van der Waals surface area contributed by atoms with Gasteiger partial charge in [0, 0.05) is 39.7 Å². The highest BCUT2D eigenvalue weighted by atomic mass is 16.5. The standard InChI is InChI=1S/C11H19N5O2/c1-17-7-5-16(6-8-18-2)11-9(10(12)13)14-3-4-15-11/h3-4H,5-8H2,1-2H3,(H3,12,13). The van der Waals surface area contributed by atoms with Gasteiger partial charge in [0.25, 0.3) is 0 Å². The van der Waals surface area contributed by atoms with Gasteiger partial charge in [0.2, 0.25) is 0 Å². The topological polar surface area (TPSA) is 97.4 Å². The predicted molar refractivity (Wildman–Crippen MR) is 69.0 cm³/mol. The van der Waals surface area contributed by atoms with Gasteiger partial charge in [-0.25, -0.2) is 9.97 Å². The number of nitrogens with one attached hydrogen (secondary N) is 1. The number of hydrogen-bond acceptors (Lipinski definition) is 6. The van der Waals surface area contributed by atoms with Crippen LogP contribution in [0.4, 0.5) is 5.82 Å². The van der Waals surface area contributed by atoms with Crippen LogP contribution < -0.4 is 10.6 Å². The fourth-order valence-electron chi connectivity index (χ4n) is 1.48. The zero-order valence-corrected chi connectivity index (χ0v) is 10.7. The highest BCUT2D eigenvalue weighted by molar-refractivity contribution is 5.97. The largest absolute Gasteiger partial charge is 0.383 e. The molecule has 0 fully saturated rings. The van der Waals surface area contributed by atoms with Gasteiger partial charge in [-0.05, 0) is 0 Å². The molecule has 18 heavy (non-hydrogen) atoms. The Morgan fingerprint density at radius 3 is 2.28 bits per heavy atom. The summed E-state index contributed by atoms with van der Waals surface area (Å²) in [5, 5.41) is 7.51. The molecular weight excluding hydrogens is 234 g/mol. The van der Waals surface area contributed by atoms with Crippen LogP contribution in [-0.4, -0.2) is 56.3 Å². The zero-order chi connectivity index (χ0) is 13.4. The van der Waals surface area contributed by atoms with Gasteiger partial charge in [0.05, 0.1) is 13.2 Å². The molecule has 0 atom stereocenters. The number of nitrogen functional groups attached to an aromatic ring is 1. The van der Waals surface area contributed by atoms with Crippen molar-refractivity contribution in [1.82, 2.24) is 9.97 Å². The molecule has 0 bridgehead atoms. The Morgan fingerprint density at radius 1 is 1.22 bits per heavy atom. The summed E-state index contributed by atoms with van der Waals surface area (Å²) in [6.45, 7) is 2.38. The van der Waals surface area contributed by atoms with Crippen molar-refractivity contribution in [3.63, 3.8) is 0 Å². The van der Waals surface area contributed by atoms with E-state index in [1.165, 1.54) is 6.20 Å². The highest BCUT2D eigenvalue weighted by Gasteiger charge is 2.15. The second kappa shape index (κ2) is 7.57. The first-order valence-electron chi connectivity index (χ1n) is 5.59. The van der Waals surface area contributed by atoms with Gasteiger partial charge in [-0.1, -0.05) is 0 Å². The number of nitrogens with zero attached hydrogens (tertiary/aromatic N) is 3. The lowest BCUT2D eigenvalue weighted by molar-refractivity contribution is 0.190. The fraction of sp³-hybridized carbons (Fsp3) is 0.545. The van der Waals surface area contributed by atoms with Gasteiger partial charge < -0.3 is 20.1 Å². The van der Waals surface area contributed by atoms with Crippen LogP contribution >= 0.6 is 0 Å². The number of ether oxygens (including phenoxy) is 2. The SMILES string of the molecule is COCCN(CCOC)c1nccnc1C(=N)N. The normalized spacial score (nSPS) is 10.3. The number of rotatable bonds is 8. The van der Waals surface area contributed by atoms with Crippen LogP contribution in [0.5, 0.6) is 0 Å². The van der Waals surface area contributed by atoms with E-state index >= 15 is 0 Å². The van der Waals surface area contributed by atoms with Crippen molar-refractivity contribution in [2.45, 2.75) is 0 Å². The van der Waals surface area contributed by atoms with Gasteiger partial charge in [-0.15, -0.1) is 0 Å². The van der Waals surface area contributed by atoms with E-state index in [4.69, 9.17) is 20.6 Å². The van der Waals surface area contributed by atoms with Gasteiger partial charge in [0.1, 0.15) is 11.5 Å². The molecular formula is C11H19N5O2. The molecule has 3 N–H and O–H groups in total. The van der Waals surface area contributed by atoms with Crippen molar-refractivity contribution >= 4 is 11.7 Å². The molecule has 0 spiro atoms. The van der Waals surface area contributed by atoms with Crippen molar-refractivity contribution in [1.29, 1.82) is 5.41 Å². The van der Waals surface area contributed by atoms with E-state index in [9.17, 15) is 0 Å². The van der Waals surface area contributed by atoms with E-state index in [1.54, 1.807) is 20.4 Å². The zero-order valence-electron chi connectivity index (χ0n) is 10.7. The van der Waals surface area contributed by atoms with Gasteiger partial charge in [0.15, 0.2) is 5.82 Å². The van der Waals surface area contributed by atoms with Crippen molar-refractivity contribution in [2.75, 3.05) is 45.4 Å². The minimum absolute atomic E-state index is 0.0991. The average molecular weight is 253 g/mol. The molecule has 0 saturated carbocycles. The average Bonchev–Trinajstić information content (AvgIpc) is 2.39. The summed E-state index contributed by atoms with van der Waals surface area (Å²) in [6, 6.07) is 0. The van der Waals surface area contributed by atoms with E-state index in [-0.39, 0.29) is 5.84 Å². The smallest absolute Gasteiger partial charge is 0.158 e. The lowest BCUT2D eigenvalue weighted by atomic mass is 10.3. The number of aromatic nitrogens is 2. The maximum absolute atomic E-state index is 7.51. The Labute approximate surface area is 106 Å². The first-order chi connectivity index (χ1) is 8.70. The minimum atomic E-state index is -0.0991. The molecule has 1 heterocycles. The summed E-state index contributed by atoms with van der Waals surface area (Å²) in [5.74, 6) is 0.483. The van der Waals surface area contributed by atoms with E-state index in [2.05, 4.69) is 9.97 Å². The fourth-order valence-corrected chi connectivity index (χ4v) is 1.48. The van der Waals surface area contributed by atoms with Crippen LogP contribution in [0.1, 0.15) is 5.69 Å². The molecule has 0 aromatic carbocycles. The minimum Gasteiger partial charge on any atom is -0.383 e.